The summed E-state index contributed by atoms with van der Waals surface area (Å²) in [7, 11) is 0. The summed E-state index contributed by atoms with van der Waals surface area (Å²) in [6.07, 6.45) is 3.11. The van der Waals surface area contributed by atoms with Gasteiger partial charge in [0.1, 0.15) is 6.17 Å². The van der Waals surface area contributed by atoms with Crippen LogP contribution in [0.1, 0.15) is 42.5 Å². The fourth-order valence-electron chi connectivity index (χ4n) is 2.37. The average molecular weight is 220 g/mol. The maximum absolute atomic E-state index is 13.6. The smallest absolute Gasteiger partial charge is 0.163 e. The number of hydrogen-bond donors (Lipinski definition) is 0. The maximum atomic E-state index is 13.6. The molecule has 1 fully saturated rings. The van der Waals surface area contributed by atoms with Crippen molar-refractivity contribution in [2.24, 2.45) is 5.92 Å². The third kappa shape index (κ3) is 2.69. The van der Waals surface area contributed by atoms with E-state index in [1.54, 1.807) is 12.1 Å². The number of benzene rings is 1. The van der Waals surface area contributed by atoms with Crippen LogP contribution in [0.5, 0.6) is 0 Å². The summed E-state index contributed by atoms with van der Waals surface area (Å²) >= 11 is 0. The van der Waals surface area contributed by atoms with Crippen LogP contribution in [0.3, 0.4) is 0 Å². The number of Topliss-reactive ketones (excluding diaryl/α,β-unsaturated/α-hetero) is 1. The van der Waals surface area contributed by atoms with E-state index in [-0.39, 0.29) is 11.7 Å². The van der Waals surface area contributed by atoms with Gasteiger partial charge in [-0.2, -0.15) is 0 Å². The molecule has 0 bridgehead atoms. The maximum Gasteiger partial charge on any atom is 0.163 e. The van der Waals surface area contributed by atoms with Crippen LogP contribution in [0.2, 0.25) is 0 Å². The van der Waals surface area contributed by atoms with Gasteiger partial charge in [0.25, 0.3) is 0 Å². The van der Waals surface area contributed by atoms with Crippen molar-refractivity contribution in [3.8, 4) is 0 Å². The molecule has 0 heterocycles. The Morgan fingerprint density at radius 1 is 1.19 bits per heavy atom. The molecule has 86 valence electrons. The fraction of sp³-hybridized carbons (Fsp3) is 0.500. The second kappa shape index (κ2) is 5.24. The third-order valence-corrected chi connectivity index (χ3v) is 3.36. The third-order valence-electron chi connectivity index (χ3n) is 3.36. The first kappa shape index (κ1) is 11.3. The normalized spacial score (nSPS) is 25.3. The molecule has 2 heteroatoms. The van der Waals surface area contributed by atoms with Gasteiger partial charge in [-0.1, -0.05) is 43.2 Å². The molecule has 1 aliphatic carbocycles. The summed E-state index contributed by atoms with van der Waals surface area (Å²) in [5.74, 6) is 0.0246. The van der Waals surface area contributed by atoms with E-state index in [2.05, 4.69) is 0 Å². The second-order valence-electron chi connectivity index (χ2n) is 4.55. The zero-order valence-corrected chi connectivity index (χ0v) is 9.36. The number of alkyl halides is 1. The van der Waals surface area contributed by atoms with E-state index >= 15 is 0 Å². The summed E-state index contributed by atoms with van der Waals surface area (Å²) in [5, 5.41) is 0. The Morgan fingerprint density at radius 3 is 2.56 bits per heavy atom. The van der Waals surface area contributed by atoms with Gasteiger partial charge in [-0.15, -0.1) is 0 Å². The summed E-state index contributed by atoms with van der Waals surface area (Å²) in [6, 6.07) is 9.19. The molecule has 0 spiro atoms. The van der Waals surface area contributed by atoms with Crippen molar-refractivity contribution in [1.29, 1.82) is 0 Å². The van der Waals surface area contributed by atoms with E-state index in [0.717, 1.165) is 19.3 Å². The highest BCUT2D eigenvalue weighted by atomic mass is 19.1. The lowest BCUT2D eigenvalue weighted by atomic mass is 9.83. The minimum absolute atomic E-state index is 0.0542. The van der Waals surface area contributed by atoms with Gasteiger partial charge in [0.15, 0.2) is 5.78 Å². The van der Waals surface area contributed by atoms with Crippen molar-refractivity contribution in [3.63, 3.8) is 0 Å². The highest BCUT2D eigenvalue weighted by molar-refractivity contribution is 5.96. The molecule has 1 saturated carbocycles. The van der Waals surface area contributed by atoms with Crippen LogP contribution in [0.15, 0.2) is 30.3 Å². The van der Waals surface area contributed by atoms with Crippen LogP contribution in [0.25, 0.3) is 0 Å². The minimum atomic E-state index is -0.776. The van der Waals surface area contributed by atoms with Crippen molar-refractivity contribution in [1.82, 2.24) is 0 Å². The van der Waals surface area contributed by atoms with E-state index in [0.29, 0.717) is 18.4 Å². The first-order valence-corrected chi connectivity index (χ1v) is 5.99. The van der Waals surface area contributed by atoms with Crippen LogP contribution in [-0.4, -0.2) is 12.0 Å². The molecule has 1 nitrogen and oxygen atoms in total. The number of ketones is 1. The SMILES string of the molecule is O=C(CC1CCCCC1F)c1ccccc1. The molecule has 0 amide bonds. The topological polar surface area (TPSA) is 17.1 Å². The lowest BCUT2D eigenvalue weighted by Crippen LogP contribution is -2.23. The Morgan fingerprint density at radius 2 is 1.88 bits per heavy atom. The molecule has 2 rings (SSSR count). The molecule has 0 saturated heterocycles. The molecule has 1 aromatic carbocycles. The van der Waals surface area contributed by atoms with E-state index in [9.17, 15) is 9.18 Å². The van der Waals surface area contributed by atoms with Gasteiger partial charge >= 0.3 is 0 Å². The average Bonchev–Trinajstić information content (AvgIpc) is 2.33. The lowest BCUT2D eigenvalue weighted by molar-refractivity contribution is 0.0886. The van der Waals surface area contributed by atoms with E-state index in [4.69, 9.17) is 0 Å². The van der Waals surface area contributed by atoms with E-state index < -0.39 is 6.17 Å². The predicted octanol–water partition coefficient (Wildman–Crippen LogP) is 3.79. The molecule has 0 N–H and O–H groups in total. The Kier molecular flexibility index (Phi) is 3.70. The highest BCUT2D eigenvalue weighted by Crippen LogP contribution is 2.30. The van der Waals surface area contributed by atoms with Crippen LogP contribution in [-0.2, 0) is 0 Å². The number of hydrogen-bond acceptors (Lipinski definition) is 1. The quantitative estimate of drug-likeness (QED) is 0.708. The van der Waals surface area contributed by atoms with Gasteiger partial charge in [-0.25, -0.2) is 4.39 Å². The molecular weight excluding hydrogens is 203 g/mol. The highest BCUT2D eigenvalue weighted by Gasteiger charge is 2.26. The lowest BCUT2D eigenvalue weighted by Gasteiger charge is -2.25. The molecule has 2 atom stereocenters. The van der Waals surface area contributed by atoms with Gasteiger partial charge in [-0.3, -0.25) is 4.79 Å². The van der Waals surface area contributed by atoms with Gasteiger partial charge in [-0.05, 0) is 18.8 Å². The van der Waals surface area contributed by atoms with Crippen LogP contribution in [0, 0.1) is 5.92 Å². The van der Waals surface area contributed by atoms with Gasteiger partial charge in [0, 0.05) is 12.0 Å². The monoisotopic (exact) mass is 220 g/mol. The van der Waals surface area contributed by atoms with Gasteiger partial charge < -0.3 is 0 Å². The zero-order valence-electron chi connectivity index (χ0n) is 9.36. The van der Waals surface area contributed by atoms with E-state index in [1.165, 1.54) is 0 Å². The Hall–Kier alpha value is -1.18. The Bertz CT molecular complexity index is 347. The van der Waals surface area contributed by atoms with Crippen molar-refractivity contribution in [3.05, 3.63) is 35.9 Å². The molecule has 0 radical (unpaired) electrons. The number of carbonyl (C=O) groups is 1. The predicted molar refractivity (Wildman–Crippen MR) is 62.2 cm³/mol. The van der Waals surface area contributed by atoms with Gasteiger partial charge in [0.2, 0.25) is 0 Å². The van der Waals surface area contributed by atoms with Crippen LogP contribution >= 0.6 is 0 Å². The largest absolute Gasteiger partial charge is 0.294 e. The molecule has 1 aliphatic rings. The summed E-state index contributed by atoms with van der Waals surface area (Å²) < 4.78 is 13.6. The van der Waals surface area contributed by atoms with Crippen LogP contribution < -0.4 is 0 Å². The number of halogens is 1. The minimum Gasteiger partial charge on any atom is -0.294 e. The first-order chi connectivity index (χ1) is 7.77. The summed E-state index contributed by atoms with van der Waals surface area (Å²) in [5.41, 5.74) is 0.709. The molecule has 0 aromatic heterocycles. The van der Waals surface area contributed by atoms with Gasteiger partial charge in [0.05, 0.1) is 0 Å². The first-order valence-electron chi connectivity index (χ1n) is 5.99. The molecule has 2 unspecified atom stereocenters. The molecular formula is C14H17FO. The molecule has 1 aromatic rings. The Labute approximate surface area is 95.7 Å². The van der Waals surface area contributed by atoms with Crippen molar-refractivity contribution >= 4 is 5.78 Å². The Balaban J connectivity index is 1.96. The van der Waals surface area contributed by atoms with E-state index in [1.807, 2.05) is 18.2 Å². The second-order valence-corrected chi connectivity index (χ2v) is 4.55. The molecule has 0 aliphatic heterocycles. The number of carbonyl (C=O) groups excluding carboxylic acids is 1. The van der Waals surface area contributed by atoms with Crippen molar-refractivity contribution < 1.29 is 9.18 Å². The molecule has 16 heavy (non-hydrogen) atoms. The van der Waals surface area contributed by atoms with Crippen LogP contribution in [0.4, 0.5) is 4.39 Å². The van der Waals surface area contributed by atoms with Crippen molar-refractivity contribution in [2.75, 3.05) is 0 Å². The fourth-order valence-corrected chi connectivity index (χ4v) is 2.37. The summed E-state index contributed by atoms with van der Waals surface area (Å²) in [6.45, 7) is 0. The zero-order chi connectivity index (χ0) is 11.4. The summed E-state index contributed by atoms with van der Waals surface area (Å²) in [4.78, 5) is 11.9. The van der Waals surface area contributed by atoms with Crippen molar-refractivity contribution in [2.45, 2.75) is 38.3 Å². The standard InChI is InChI=1S/C14H17FO/c15-13-9-5-4-8-12(13)10-14(16)11-6-2-1-3-7-11/h1-3,6-7,12-13H,4-5,8-10H2. The number of rotatable bonds is 3.